The van der Waals surface area contributed by atoms with Crippen LogP contribution in [0.15, 0.2) is 45.6 Å². The van der Waals surface area contributed by atoms with E-state index in [1.54, 1.807) is 24.3 Å². The molecule has 160 valence electrons. The Labute approximate surface area is 172 Å². The SMILES string of the molecule is CCCOc1cc(O)c2c(=O)cc(-c3ccc(OCCO)c(OCCO)c3)oc2c1. The standard InChI is InChI=1S/C22H24O8/c1-2-7-27-15-11-16(25)22-17(26)13-19(30-21(22)12-15)14-3-4-18(28-8-5-23)20(10-14)29-9-6-24/h3-4,10-13,23-25H,2,5-9H2,1H3. The fourth-order valence-electron chi connectivity index (χ4n) is 2.89. The van der Waals surface area contributed by atoms with Crippen LogP contribution < -0.4 is 19.6 Å². The van der Waals surface area contributed by atoms with Crippen molar-refractivity contribution in [2.75, 3.05) is 33.0 Å². The fraction of sp³-hybridized carbons (Fsp3) is 0.318. The Morgan fingerprint density at radius 2 is 1.63 bits per heavy atom. The number of phenols is 1. The first-order chi connectivity index (χ1) is 14.6. The van der Waals surface area contributed by atoms with Gasteiger partial charge in [-0.3, -0.25) is 4.79 Å². The van der Waals surface area contributed by atoms with Crippen LogP contribution in [0.25, 0.3) is 22.3 Å². The second kappa shape index (κ2) is 10.00. The zero-order valence-corrected chi connectivity index (χ0v) is 16.6. The molecule has 0 aliphatic heterocycles. The quantitative estimate of drug-likeness (QED) is 0.462. The third kappa shape index (κ3) is 4.84. The molecule has 0 radical (unpaired) electrons. The first-order valence-electron chi connectivity index (χ1n) is 9.62. The number of benzene rings is 2. The molecule has 3 aromatic rings. The minimum Gasteiger partial charge on any atom is -0.507 e. The summed E-state index contributed by atoms with van der Waals surface area (Å²) in [7, 11) is 0. The van der Waals surface area contributed by atoms with Gasteiger partial charge in [0, 0.05) is 23.8 Å². The number of rotatable bonds is 10. The molecule has 1 heterocycles. The van der Waals surface area contributed by atoms with Crippen molar-refractivity contribution in [2.45, 2.75) is 13.3 Å². The van der Waals surface area contributed by atoms with Crippen LogP contribution in [0.2, 0.25) is 0 Å². The maximum absolute atomic E-state index is 12.6. The fourth-order valence-corrected chi connectivity index (χ4v) is 2.89. The van der Waals surface area contributed by atoms with E-state index < -0.39 is 5.43 Å². The third-order valence-corrected chi connectivity index (χ3v) is 4.18. The van der Waals surface area contributed by atoms with Gasteiger partial charge in [0.25, 0.3) is 0 Å². The summed E-state index contributed by atoms with van der Waals surface area (Å²) < 4.78 is 22.4. The monoisotopic (exact) mass is 416 g/mol. The largest absolute Gasteiger partial charge is 0.507 e. The van der Waals surface area contributed by atoms with Crippen molar-refractivity contribution in [3.05, 3.63) is 46.6 Å². The number of hydrogen-bond donors (Lipinski definition) is 3. The van der Waals surface area contributed by atoms with E-state index in [1.165, 1.54) is 12.1 Å². The minimum atomic E-state index is -0.399. The van der Waals surface area contributed by atoms with Crippen molar-refractivity contribution < 1.29 is 33.9 Å². The molecule has 0 saturated carbocycles. The van der Waals surface area contributed by atoms with Crippen LogP contribution in [0.5, 0.6) is 23.0 Å². The third-order valence-electron chi connectivity index (χ3n) is 4.18. The average molecular weight is 416 g/mol. The van der Waals surface area contributed by atoms with Gasteiger partial charge in [-0.05, 0) is 24.6 Å². The maximum Gasteiger partial charge on any atom is 0.197 e. The van der Waals surface area contributed by atoms with E-state index in [0.717, 1.165) is 6.42 Å². The van der Waals surface area contributed by atoms with Gasteiger partial charge in [-0.1, -0.05) is 6.92 Å². The lowest BCUT2D eigenvalue weighted by Crippen LogP contribution is -2.07. The second-order valence-electron chi connectivity index (χ2n) is 6.44. The van der Waals surface area contributed by atoms with Crippen molar-refractivity contribution in [2.24, 2.45) is 0 Å². The van der Waals surface area contributed by atoms with Crippen LogP contribution >= 0.6 is 0 Å². The highest BCUT2D eigenvalue weighted by atomic mass is 16.5. The zero-order valence-electron chi connectivity index (χ0n) is 16.6. The Balaban J connectivity index is 2.05. The van der Waals surface area contributed by atoms with Gasteiger partial charge in [0.05, 0.1) is 19.8 Å². The molecule has 0 fully saturated rings. The Morgan fingerprint density at radius 3 is 2.33 bits per heavy atom. The molecule has 2 aromatic carbocycles. The van der Waals surface area contributed by atoms with E-state index in [4.69, 9.17) is 28.8 Å². The molecular weight excluding hydrogens is 392 g/mol. The molecule has 0 atom stereocenters. The highest BCUT2D eigenvalue weighted by molar-refractivity contribution is 5.86. The van der Waals surface area contributed by atoms with Crippen LogP contribution in [0.4, 0.5) is 0 Å². The van der Waals surface area contributed by atoms with Crippen LogP contribution in [0, 0.1) is 0 Å². The van der Waals surface area contributed by atoms with Crippen LogP contribution in [-0.4, -0.2) is 48.4 Å². The smallest absolute Gasteiger partial charge is 0.197 e. The predicted molar refractivity (Wildman–Crippen MR) is 111 cm³/mol. The summed E-state index contributed by atoms with van der Waals surface area (Å²) in [6.07, 6.45) is 0.796. The van der Waals surface area contributed by atoms with Crippen molar-refractivity contribution in [3.8, 4) is 34.3 Å². The van der Waals surface area contributed by atoms with Crippen LogP contribution in [0.3, 0.4) is 0 Å². The Morgan fingerprint density at radius 1 is 0.900 bits per heavy atom. The topological polar surface area (TPSA) is 119 Å². The summed E-state index contributed by atoms with van der Waals surface area (Å²) in [4.78, 5) is 12.6. The zero-order chi connectivity index (χ0) is 21.5. The predicted octanol–water partition coefficient (Wildman–Crippen LogP) is 2.70. The summed E-state index contributed by atoms with van der Waals surface area (Å²) in [5.74, 6) is 1.18. The lowest BCUT2D eigenvalue weighted by molar-refractivity contribution is 0.178. The van der Waals surface area contributed by atoms with Gasteiger partial charge in [-0.15, -0.1) is 0 Å². The van der Waals surface area contributed by atoms with Crippen LogP contribution in [0.1, 0.15) is 13.3 Å². The lowest BCUT2D eigenvalue weighted by atomic mass is 10.1. The molecule has 3 rings (SSSR count). The van der Waals surface area contributed by atoms with Gasteiger partial charge < -0.3 is 33.9 Å². The summed E-state index contributed by atoms with van der Waals surface area (Å²) in [5, 5.41) is 28.3. The Hall–Kier alpha value is -3.23. The van der Waals surface area contributed by atoms with Gasteiger partial charge >= 0.3 is 0 Å². The average Bonchev–Trinajstić information content (AvgIpc) is 2.74. The molecule has 8 heteroatoms. The van der Waals surface area contributed by atoms with Crippen LogP contribution in [-0.2, 0) is 0 Å². The first-order valence-corrected chi connectivity index (χ1v) is 9.62. The van der Waals surface area contributed by atoms with Crippen molar-refractivity contribution in [3.63, 3.8) is 0 Å². The van der Waals surface area contributed by atoms with Gasteiger partial charge in [0.2, 0.25) is 0 Å². The summed E-state index contributed by atoms with van der Waals surface area (Å²) in [6, 6.07) is 9.16. The molecule has 30 heavy (non-hydrogen) atoms. The van der Waals surface area contributed by atoms with E-state index in [9.17, 15) is 9.90 Å². The van der Waals surface area contributed by atoms with Gasteiger partial charge in [0.1, 0.15) is 41.4 Å². The van der Waals surface area contributed by atoms with Gasteiger partial charge in [-0.25, -0.2) is 0 Å². The maximum atomic E-state index is 12.6. The van der Waals surface area contributed by atoms with Crippen molar-refractivity contribution in [1.29, 1.82) is 0 Å². The van der Waals surface area contributed by atoms with E-state index >= 15 is 0 Å². The summed E-state index contributed by atoms with van der Waals surface area (Å²) in [5.41, 5.74) is 0.337. The van der Waals surface area contributed by atoms with E-state index in [1.807, 2.05) is 6.92 Å². The normalized spacial score (nSPS) is 10.9. The number of aliphatic hydroxyl groups excluding tert-OH is 2. The summed E-state index contributed by atoms with van der Waals surface area (Å²) >= 11 is 0. The Kier molecular flexibility index (Phi) is 7.16. The molecule has 0 saturated heterocycles. The van der Waals surface area contributed by atoms with Gasteiger partial charge in [0.15, 0.2) is 16.9 Å². The lowest BCUT2D eigenvalue weighted by Gasteiger charge is -2.13. The second-order valence-corrected chi connectivity index (χ2v) is 6.44. The molecule has 1 aromatic heterocycles. The molecule has 0 spiro atoms. The molecule has 0 amide bonds. The molecule has 0 unspecified atom stereocenters. The van der Waals surface area contributed by atoms with E-state index in [2.05, 4.69) is 0 Å². The van der Waals surface area contributed by atoms with Gasteiger partial charge in [-0.2, -0.15) is 0 Å². The Bertz CT molecular complexity index is 1060. The number of fused-ring (bicyclic) bond motifs is 1. The van der Waals surface area contributed by atoms with Crippen molar-refractivity contribution in [1.82, 2.24) is 0 Å². The van der Waals surface area contributed by atoms with E-state index in [-0.39, 0.29) is 48.9 Å². The highest BCUT2D eigenvalue weighted by Gasteiger charge is 2.15. The number of phenolic OH excluding ortho intramolecular Hbond substituents is 1. The number of ether oxygens (including phenoxy) is 3. The minimum absolute atomic E-state index is 0.0482. The number of hydrogen-bond acceptors (Lipinski definition) is 8. The molecule has 0 aliphatic rings. The molecule has 8 nitrogen and oxygen atoms in total. The van der Waals surface area contributed by atoms with E-state index in [0.29, 0.717) is 29.4 Å². The molecule has 3 N–H and O–H groups in total. The molecule has 0 bridgehead atoms. The number of aromatic hydroxyl groups is 1. The molecular formula is C22H24O8. The first kappa shape index (κ1) is 21.5. The highest BCUT2D eigenvalue weighted by Crippen LogP contribution is 2.35. The number of aliphatic hydroxyl groups is 2. The molecule has 0 aliphatic carbocycles. The summed E-state index contributed by atoms with van der Waals surface area (Å²) in [6.45, 7) is 2.22. The van der Waals surface area contributed by atoms with Crippen molar-refractivity contribution >= 4 is 11.0 Å².